The van der Waals surface area contributed by atoms with Crippen LogP contribution < -0.4 is 5.32 Å². The summed E-state index contributed by atoms with van der Waals surface area (Å²) in [4.78, 5) is 2.62. The molecule has 2 fully saturated rings. The Morgan fingerprint density at radius 1 is 1.16 bits per heavy atom. The van der Waals surface area contributed by atoms with E-state index < -0.39 is 0 Å². The van der Waals surface area contributed by atoms with Crippen molar-refractivity contribution < 1.29 is 4.74 Å². The quantitative estimate of drug-likeness (QED) is 0.801. The van der Waals surface area contributed by atoms with Crippen LogP contribution in [-0.4, -0.2) is 50.3 Å². The lowest BCUT2D eigenvalue weighted by molar-refractivity contribution is 0.0211. The van der Waals surface area contributed by atoms with Gasteiger partial charge in [-0.1, -0.05) is 20.3 Å². The third-order valence-corrected chi connectivity index (χ3v) is 4.92. The van der Waals surface area contributed by atoms with Crippen molar-refractivity contribution >= 4 is 0 Å². The summed E-state index contributed by atoms with van der Waals surface area (Å²) in [5.41, 5.74) is 0. The van der Waals surface area contributed by atoms with Crippen molar-refractivity contribution in [3.63, 3.8) is 0 Å². The summed E-state index contributed by atoms with van der Waals surface area (Å²) in [6, 6.07) is 0.755. The highest BCUT2D eigenvalue weighted by Crippen LogP contribution is 2.32. The molecule has 2 aliphatic rings. The number of rotatable bonds is 6. The fourth-order valence-corrected chi connectivity index (χ4v) is 3.65. The molecule has 0 radical (unpaired) electrons. The molecule has 1 aliphatic heterocycles. The van der Waals surface area contributed by atoms with E-state index in [2.05, 4.69) is 24.1 Å². The van der Waals surface area contributed by atoms with Crippen LogP contribution in [0.1, 0.15) is 46.0 Å². The largest absolute Gasteiger partial charge is 0.379 e. The molecule has 0 amide bonds. The van der Waals surface area contributed by atoms with E-state index in [-0.39, 0.29) is 0 Å². The number of morpholine rings is 1. The molecule has 0 spiro atoms. The minimum atomic E-state index is 0.755. The van der Waals surface area contributed by atoms with E-state index in [1.165, 1.54) is 45.2 Å². The zero-order chi connectivity index (χ0) is 13.5. The fourth-order valence-electron chi connectivity index (χ4n) is 3.65. The third-order valence-electron chi connectivity index (χ3n) is 4.92. The molecule has 3 heteroatoms. The normalized spacial score (nSPS) is 33.5. The van der Waals surface area contributed by atoms with Gasteiger partial charge in [0.2, 0.25) is 0 Å². The van der Waals surface area contributed by atoms with Gasteiger partial charge in [-0.15, -0.1) is 0 Å². The molecule has 1 heterocycles. The van der Waals surface area contributed by atoms with Crippen molar-refractivity contribution in [3.05, 3.63) is 0 Å². The van der Waals surface area contributed by atoms with Crippen LogP contribution in [0.3, 0.4) is 0 Å². The van der Waals surface area contributed by atoms with Gasteiger partial charge in [-0.25, -0.2) is 0 Å². The first-order chi connectivity index (χ1) is 9.33. The lowest BCUT2D eigenvalue weighted by Gasteiger charge is -2.40. The molecule has 0 aromatic carbocycles. The minimum Gasteiger partial charge on any atom is -0.379 e. The second-order valence-electron chi connectivity index (χ2n) is 6.32. The predicted octanol–water partition coefficient (Wildman–Crippen LogP) is 2.51. The van der Waals surface area contributed by atoms with Gasteiger partial charge in [-0.2, -0.15) is 0 Å². The van der Waals surface area contributed by atoms with Crippen molar-refractivity contribution in [3.8, 4) is 0 Å². The Morgan fingerprint density at radius 2 is 1.95 bits per heavy atom. The summed E-state index contributed by atoms with van der Waals surface area (Å²) < 4.78 is 5.47. The summed E-state index contributed by atoms with van der Waals surface area (Å²) in [5, 5.41) is 3.80. The van der Waals surface area contributed by atoms with E-state index in [4.69, 9.17) is 4.74 Å². The number of nitrogens with one attached hydrogen (secondary N) is 1. The van der Waals surface area contributed by atoms with Crippen molar-refractivity contribution in [1.29, 1.82) is 0 Å². The van der Waals surface area contributed by atoms with Crippen molar-refractivity contribution in [2.24, 2.45) is 11.8 Å². The Balaban J connectivity index is 1.85. The Hall–Kier alpha value is -0.120. The van der Waals surface area contributed by atoms with Crippen LogP contribution in [0.15, 0.2) is 0 Å². The van der Waals surface area contributed by atoms with Gasteiger partial charge in [-0.3, -0.25) is 4.90 Å². The molecule has 3 atom stereocenters. The number of hydrogen-bond acceptors (Lipinski definition) is 3. The van der Waals surface area contributed by atoms with E-state index in [9.17, 15) is 0 Å². The Bertz CT molecular complexity index is 241. The van der Waals surface area contributed by atoms with Crippen LogP contribution in [0.2, 0.25) is 0 Å². The summed E-state index contributed by atoms with van der Waals surface area (Å²) in [5.74, 6) is 1.81. The van der Waals surface area contributed by atoms with Crippen LogP contribution >= 0.6 is 0 Å². The SMILES string of the molecule is CCCNC1CCC(CC)CC1CN1CCOCC1. The van der Waals surface area contributed by atoms with Crippen LogP contribution in [0, 0.1) is 11.8 Å². The van der Waals surface area contributed by atoms with Gasteiger partial charge in [0.15, 0.2) is 0 Å². The van der Waals surface area contributed by atoms with E-state index in [0.717, 1.165) is 44.2 Å². The average Bonchev–Trinajstić information content (AvgIpc) is 2.47. The molecule has 3 nitrogen and oxygen atoms in total. The lowest BCUT2D eigenvalue weighted by Crippen LogP contribution is -2.48. The van der Waals surface area contributed by atoms with E-state index in [1.54, 1.807) is 0 Å². The molecule has 3 unspecified atom stereocenters. The first-order valence-electron chi connectivity index (χ1n) is 8.37. The lowest BCUT2D eigenvalue weighted by atomic mass is 9.76. The van der Waals surface area contributed by atoms with Crippen molar-refractivity contribution in [2.45, 2.75) is 52.0 Å². The maximum Gasteiger partial charge on any atom is 0.0594 e. The molecule has 1 saturated carbocycles. The maximum atomic E-state index is 5.47. The molecule has 112 valence electrons. The molecule has 0 bridgehead atoms. The number of ether oxygens (including phenoxy) is 1. The van der Waals surface area contributed by atoms with E-state index >= 15 is 0 Å². The second-order valence-corrected chi connectivity index (χ2v) is 6.32. The van der Waals surface area contributed by atoms with E-state index in [0.29, 0.717) is 0 Å². The summed E-state index contributed by atoms with van der Waals surface area (Å²) in [6.45, 7) is 11.2. The third kappa shape index (κ3) is 4.73. The first kappa shape index (κ1) is 15.3. The number of nitrogens with zero attached hydrogens (tertiary/aromatic N) is 1. The Morgan fingerprint density at radius 3 is 2.63 bits per heavy atom. The maximum absolute atomic E-state index is 5.47. The highest BCUT2D eigenvalue weighted by atomic mass is 16.5. The van der Waals surface area contributed by atoms with Gasteiger partial charge in [-0.05, 0) is 44.1 Å². The van der Waals surface area contributed by atoms with Crippen LogP contribution in [-0.2, 0) is 4.74 Å². The minimum absolute atomic E-state index is 0.755. The molecule has 0 aromatic heterocycles. The molecular weight excluding hydrogens is 236 g/mol. The molecule has 1 aliphatic carbocycles. The van der Waals surface area contributed by atoms with Gasteiger partial charge < -0.3 is 10.1 Å². The first-order valence-corrected chi connectivity index (χ1v) is 8.37. The van der Waals surface area contributed by atoms with Crippen LogP contribution in [0.4, 0.5) is 0 Å². The second kappa shape index (κ2) is 8.23. The predicted molar refractivity (Wildman–Crippen MR) is 80.5 cm³/mol. The van der Waals surface area contributed by atoms with Gasteiger partial charge in [0, 0.05) is 25.7 Å². The summed E-state index contributed by atoms with van der Waals surface area (Å²) >= 11 is 0. The Kier molecular flexibility index (Phi) is 6.62. The molecule has 2 rings (SSSR count). The fraction of sp³-hybridized carbons (Fsp3) is 1.00. The zero-order valence-electron chi connectivity index (χ0n) is 12.9. The molecule has 0 aromatic rings. The van der Waals surface area contributed by atoms with Gasteiger partial charge in [0.25, 0.3) is 0 Å². The smallest absolute Gasteiger partial charge is 0.0594 e. The standard InChI is InChI=1S/C16H32N2O/c1-3-7-17-16-6-5-14(4-2)12-15(16)13-18-8-10-19-11-9-18/h14-17H,3-13H2,1-2H3. The molecule has 19 heavy (non-hydrogen) atoms. The van der Waals surface area contributed by atoms with Crippen LogP contribution in [0.5, 0.6) is 0 Å². The monoisotopic (exact) mass is 268 g/mol. The van der Waals surface area contributed by atoms with Crippen LogP contribution in [0.25, 0.3) is 0 Å². The Labute approximate surface area is 119 Å². The summed E-state index contributed by atoms with van der Waals surface area (Å²) in [7, 11) is 0. The molecular formula is C16H32N2O. The summed E-state index contributed by atoms with van der Waals surface area (Å²) in [6.07, 6.45) is 6.85. The van der Waals surface area contributed by atoms with E-state index in [1.807, 2.05) is 0 Å². The highest BCUT2D eigenvalue weighted by Gasteiger charge is 2.30. The van der Waals surface area contributed by atoms with Gasteiger partial charge in [0.05, 0.1) is 13.2 Å². The van der Waals surface area contributed by atoms with Gasteiger partial charge >= 0.3 is 0 Å². The van der Waals surface area contributed by atoms with Crippen molar-refractivity contribution in [1.82, 2.24) is 10.2 Å². The average molecular weight is 268 g/mol. The van der Waals surface area contributed by atoms with Gasteiger partial charge in [0.1, 0.15) is 0 Å². The highest BCUT2D eigenvalue weighted by molar-refractivity contribution is 4.86. The topological polar surface area (TPSA) is 24.5 Å². The molecule has 1 saturated heterocycles. The van der Waals surface area contributed by atoms with Crippen molar-refractivity contribution in [2.75, 3.05) is 39.4 Å². The number of hydrogen-bond donors (Lipinski definition) is 1. The molecule has 1 N–H and O–H groups in total. The zero-order valence-corrected chi connectivity index (χ0v) is 12.9.